The smallest absolute Gasteiger partial charge is 0.338 e. The molecule has 0 radical (unpaired) electrons. The molecule has 2 unspecified atom stereocenters. The number of carbonyl (C=O) groups excluding carboxylic acids is 1. The zero-order valence-corrected chi connectivity index (χ0v) is 10.9. The Kier molecular flexibility index (Phi) is 4.64. The van der Waals surface area contributed by atoms with E-state index in [1.54, 1.807) is 0 Å². The predicted molar refractivity (Wildman–Crippen MR) is 62.9 cm³/mol. The van der Waals surface area contributed by atoms with E-state index in [4.69, 9.17) is 5.73 Å². The van der Waals surface area contributed by atoms with Crippen molar-refractivity contribution < 1.29 is 18.0 Å². The largest absolute Gasteiger partial charge is 0.415 e. The highest BCUT2D eigenvalue weighted by molar-refractivity contribution is 5.87. The molecule has 3 nitrogen and oxygen atoms in total. The molecule has 1 saturated heterocycles. The maximum atomic E-state index is 12.8. The summed E-state index contributed by atoms with van der Waals surface area (Å²) in [5.74, 6) is -0.997. The van der Waals surface area contributed by atoms with E-state index >= 15 is 0 Å². The Hall–Kier alpha value is -0.780. The highest BCUT2D eigenvalue weighted by Crippen LogP contribution is 2.31. The molecule has 0 aromatic carbocycles. The molecule has 1 fully saturated rings. The van der Waals surface area contributed by atoms with E-state index < -0.39 is 17.6 Å². The molecule has 2 N–H and O–H groups in total. The first kappa shape index (κ1) is 15.3. The number of amides is 1. The summed E-state index contributed by atoms with van der Waals surface area (Å²) < 4.78 is 38.4. The summed E-state index contributed by atoms with van der Waals surface area (Å²) in [7, 11) is 0. The molecule has 1 rings (SSSR count). The van der Waals surface area contributed by atoms with Crippen LogP contribution >= 0.6 is 0 Å². The summed E-state index contributed by atoms with van der Waals surface area (Å²) in [5, 5.41) is 0. The summed E-state index contributed by atoms with van der Waals surface area (Å²) in [6.45, 7) is 3.02. The number of nitrogens with zero attached hydrogens (tertiary/aromatic N) is 1. The Balaban J connectivity index is 2.92. The highest BCUT2D eigenvalue weighted by atomic mass is 19.4. The van der Waals surface area contributed by atoms with Crippen LogP contribution in [-0.4, -0.2) is 35.1 Å². The van der Waals surface area contributed by atoms with Gasteiger partial charge >= 0.3 is 6.18 Å². The quantitative estimate of drug-likeness (QED) is 0.834. The average molecular weight is 266 g/mol. The zero-order chi connectivity index (χ0) is 14.0. The standard InChI is InChI=1S/C12H21F3N2O/c1-3-9-7-5-4-6-8-17(9)10(18)11(2,16)12(13,14)15/h9H,3-8,16H2,1-2H3. The Morgan fingerprint density at radius 1 is 1.33 bits per heavy atom. The topological polar surface area (TPSA) is 46.3 Å². The van der Waals surface area contributed by atoms with Crippen molar-refractivity contribution >= 4 is 5.91 Å². The summed E-state index contributed by atoms with van der Waals surface area (Å²) >= 11 is 0. The minimum atomic E-state index is -4.71. The Bertz CT molecular complexity index is 302. The van der Waals surface area contributed by atoms with E-state index in [0.29, 0.717) is 13.0 Å². The molecule has 106 valence electrons. The molecule has 1 aliphatic heterocycles. The number of alkyl halides is 3. The Morgan fingerprint density at radius 2 is 1.94 bits per heavy atom. The van der Waals surface area contributed by atoms with E-state index in [0.717, 1.165) is 32.6 Å². The summed E-state index contributed by atoms with van der Waals surface area (Å²) in [6.07, 6.45) is -0.635. The van der Waals surface area contributed by atoms with Crippen LogP contribution in [0.15, 0.2) is 0 Å². The SMILES string of the molecule is CCC1CCCCCN1C(=O)C(C)(N)C(F)(F)F. The summed E-state index contributed by atoms with van der Waals surface area (Å²) in [6, 6.07) is -0.120. The van der Waals surface area contributed by atoms with Crippen molar-refractivity contribution in [3.63, 3.8) is 0 Å². The number of rotatable bonds is 2. The Morgan fingerprint density at radius 3 is 2.44 bits per heavy atom. The van der Waals surface area contributed by atoms with Gasteiger partial charge in [0.15, 0.2) is 5.54 Å². The van der Waals surface area contributed by atoms with Gasteiger partial charge in [0.05, 0.1) is 0 Å². The molecule has 2 atom stereocenters. The van der Waals surface area contributed by atoms with E-state index in [2.05, 4.69) is 0 Å². The summed E-state index contributed by atoms with van der Waals surface area (Å²) in [5.41, 5.74) is 2.43. The minimum Gasteiger partial charge on any atom is -0.338 e. The second-order valence-corrected chi connectivity index (χ2v) is 5.11. The second-order valence-electron chi connectivity index (χ2n) is 5.11. The number of carbonyl (C=O) groups is 1. The molecule has 0 bridgehead atoms. The van der Waals surface area contributed by atoms with Gasteiger partial charge in [-0.05, 0) is 26.2 Å². The van der Waals surface area contributed by atoms with Crippen molar-refractivity contribution in [3.05, 3.63) is 0 Å². The molecular formula is C12H21F3N2O. The normalized spacial score (nSPS) is 25.4. The fraction of sp³-hybridized carbons (Fsp3) is 0.917. The van der Waals surface area contributed by atoms with Gasteiger partial charge in [0.1, 0.15) is 0 Å². The monoisotopic (exact) mass is 266 g/mol. The van der Waals surface area contributed by atoms with Crippen molar-refractivity contribution in [3.8, 4) is 0 Å². The van der Waals surface area contributed by atoms with Crippen LogP contribution in [0.3, 0.4) is 0 Å². The van der Waals surface area contributed by atoms with Crippen molar-refractivity contribution in [1.82, 2.24) is 4.90 Å². The molecule has 1 aliphatic rings. The average Bonchev–Trinajstić information content (AvgIpc) is 2.50. The van der Waals surface area contributed by atoms with Crippen LogP contribution in [0.4, 0.5) is 13.2 Å². The van der Waals surface area contributed by atoms with Gasteiger partial charge in [0.2, 0.25) is 0 Å². The maximum Gasteiger partial charge on any atom is 0.415 e. The van der Waals surface area contributed by atoms with Gasteiger partial charge in [-0.1, -0.05) is 19.8 Å². The lowest BCUT2D eigenvalue weighted by molar-refractivity contribution is -0.195. The van der Waals surface area contributed by atoms with Crippen molar-refractivity contribution in [2.75, 3.05) is 6.54 Å². The highest BCUT2D eigenvalue weighted by Gasteiger charge is 2.55. The molecular weight excluding hydrogens is 245 g/mol. The predicted octanol–water partition coefficient (Wildman–Crippen LogP) is 2.45. The second kappa shape index (κ2) is 5.47. The third-order valence-corrected chi connectivity index (χ3v) is 3.64. The van der Waals surface area contributed by atoms with E-state index in [-0.39, 0.29) is 6.04 Å². The Labute approximate surface area is 106 Å². The minimum absolute atomic E-state index is 0.120. The van der Waals surface area contributed by atoms with Crippen molar-refractivity contribution in [2.24, 2.45) is 5.73 Å². The van der Waals surface area contributed by atoms with Gasteiger partial charge in [-0.2, -0.15) is 13.2 Å². The van der Waals surface area contributed by atoms with Gasteiger partial charge in [-0.25, -0.2) is 0 Å². The van der Waals surface area contributed by atoms with Gasteiger partial charge in [-0.3, -0.25) is 4.79 Å². The van der Waals surface area contributed by atoms with Crippen LogP contribution in [0.2, 0.25) is 0 Å². The molecule has 0 saturated carbocycles. The first-order chi connectivity index (χ1) is 8.21. The molecule has 0 aliphatic carbocycles. The number of likely N-dealkylation sites (tertiary alicyclic amines) is 1. The third kappa shape index (κ3) is 2.96. The number of hydrogen-bond donors (Lipinski definition) is 1. The number of nitrogens with two attached hydrogens (primary N) is 1. The van der Waals surface area contributed by atoms with E-state index in [1.807, 2.05) is 6.92 Å². The molecule has 1 heterocycles. The van der Waals surface area contributed by atoms with Crippen LogP contribution in [-0.2, 0) is 4.79 Å². The molecule has 0 aromatic rings. The van der Waals surface area contributed by atoms with E-state index in [1.165, 1.54) is 4.90 Å². The first-order valence-corrected chi connectivity index (χ1v) is 6.38. The fourth-order valence-corrected chi connectivity index (χ4v) is 2.29. The van der Waals surface area contributed by atoms with Crippen LogP contribution in [0.25, 0.3) is 0 Å². The van der Waals surface area contributed by atoms with E-state index in [9.17, 15) is 18.0 Å². The van der Waals surface area contributed by atoms with Crippen molar-refractivity contribution in [2.45, 2.75) is 63.7 Å². The number of halogens is 3. The number of hydrogen-bond acceptors (Lipinski definition) is 2. The molecule has 0 aromatic heterocycles. The lowest BCUT2D eigenvalue weighted by atomic mass is 9.98. The lowest BCUT2D eigenvalue weighted by Gasteiger charge is -2.36. The van der Waals surface area contributed by atoms with Gasteiger partial charge in [-0.15, -0.1) is 0 Å². The molecule has 0 spiro atoms. The van der Waals surface area contributed by atoms with Gasteiger partial charge in [0, 0.05) is 12.6 Å². The fourth-order valence-electron chi connectivity index (χ4n) is 2.29. The van der Waals surface area contributed by atoms with Crippen LogP contribution < -0.4 is 5.73 Å². The first-order valence-electron chi connectivity index (χ1n) is 6.38. The molecule has 18 heavy (non-hydrogen) atoms. The van der Waals surface area contributed by atoms with Gasteiger partial charge in [0.25, 0.3) is 5.91 Å². The van der Waals surface area contributed by atoms with Crippen LogP contribution in [0.1, 0.15) is 46.0 Å². The molecule has 1 amide bonds. The van der Waals surface area contributed by atoms with Crippen LogP contribution in [0, 0.1) is 0 Å². The third-order valence-electron chi connectivity index (χ3n) is 3.64. The van der Waals surface area contributed by atoms with Crippen LogP contribution in [0.5, 0.6) is 0 Å². The maximum absolute atomic E-state index is 12.8. The molecule has 6 heteroatoms. The van der Waals surface area contributed by atoms with Gasteiger partial charge < -0.3 is 10.6 Å². The van der Waals surface area contributed by atoms with Crippen molar-refractivity contribution in [1.29, 1.82) is 0 Å². The summed E-state index contributed by atoms with van der Waals surface area (Å²) in [4.78, 5) is 13.4. The lowest BCUT2D eigenvalue weighted by Crippen LogP contribution is -2.63. The zero-order valence-electron chi connectivity index (χ0n) is 10.9.